The molecule has 40 heavy (non-hydrogen) atoms. The van der Waals surface area contributed by atoms with Crippen molar-refractivity contribution in [3.63, 3.8) is 0 Å². The maximum Gasteiger partial charge on any atom is 0.126 e. The molecule has 0 aliphatic carbocycles. The summed E-state index contributed by atoms with van der Waals surface area (Å²) in [5.74, 6) is 0. The van der Waals surface area contributed by atoms with Crippen molar-refractivity contribution < 1.29 is 9.78 Å². The fraction of sp³-hybridized carbons (Fsp3) is 0.684. The van der Waals surface area contributed by atoms with E-state index in [1.54, 1.807) is 0 Å². The van der Waals surface area contributed by atoms with Crippen molar-refractivity contribution in [2.45, 2.75) is 146 Å². The molecule has 2 rings (SSSR count). The van der Waals surface area contributed by atoms with Crippen molar-refractivity contribution in [3.8, 4) is 0 Å². The molecule has 0 saturated carbocycles. The minimum absolute atomic E-state index is 0.0687. The van der Waals surface area contributed by atoms with Crippen LogP contribution in [0, 0.1) is 21.7 Å². The monoisotopic (exact) mass is 550 g/mol. The number of benzene rings is 2. The second-order valence-electron chi connectivity index (χ2n) is 16.2. The summed E-state index contributed by atoms with van der Waals surface area (Å²) in [7, 11) is 0. The van der Waals surface area contributed by atoms with Crippen molar-refractivity contribution in [1.29, 1.82) is 0 Å². The van der Waals surface area contributed by atoms with Crippen LogP contribution in [0.25, 0.3) is 0 Å². The zero-order valence-corrected chi connectivity index (χ0v) is 28.2. The zero-order chi connectivity index (χ0) is 30.3. The smallest absolute Gasteiger partial charge is 0.126 e. The molecule has 0 N–H and O–H groups in total. The summed E-state index contributed by atoms with van der Waals surface area (Å²) in [6.45, 7) is 28.2. The molecule has 2 aromatic rings. The molecule has 2 unspecified atom stereocenters. The largest absolute Gasteiger partial charge is 0.225 e. The SMILES string of the molecule is CCCC(C)(C)CC(C)(C)CC(C)(OOC(C)(CC(C)(C)CC(C)(C)CCC)c1ccccc1)c1ccccc1. The molecule has 0 bridgehead atoms. The van der Waals surface area contributed by atoms with E-state index >= 15 is 0 Å². The quantitative estimate of drug-likeness (QED) is 0.144. The van der Waals surface area contributed by atoms with Crippen LogP contribution < -0.4 is 0 Å². The molecule has 2 aromatic carbocycles. The molecular weight excluding hydrogens is 488 g/mol. The summed E-state index contributed by atoms with van der Waals surface area (Å²) >= 11 is 0. The van der Waals surface area contributed by atoms with Crippen molar-refractivity contribution in [1.82, 2.24) is 0 Å². The Balaban J connectivity index is 2.43. The van der Waals surface area contributed by atoms with Crippen LogP contribution in [-0.2, 0) is 21.0 Å². The van der Waals surface area contributed by atoms with E-state index in [-0.39, 0.29) is 21.7 Å². The highest BCUT2D eigenvalue weighted by molar-refractivity contribution is 5.24. The molecule has 0 saturated heterocycles. The van der Waals surface area contributed by atoms with Crippen molar-refractivity contribution in [2.24, 2.45) is 21.7 Å². The summed E-state index contributed by atoms with van der Waals surface area (Å²) in [4.78, 5) is 13.5. The lowest BCUT2D eigenvalue weighted by atomic mass is 9.67. The second kappa shape index (κ2) is 13.6. The Hall–Kier alpha value is -1.64. The average molecular weight is 551 g/mol. The van der Waals surface area contributed by atoms with Crippen LogP contribution in [-0.4, -0.2) is 0 Å². The topological polar surface area (TPSA) is 18.5 Å². The summed E-state index contributed by atoms with van der Waals surface area (Å²) in [6.07, 6.45) is 8.88. The van der Waals surface area contributed by atoms with Gasteiger partial charge in [-0.2, -0.15) is 0 Å². The minimum Gasteiger partial charge on any atom is -0.225 e. The number of rotatable bonds is 17. The fourth-order valence-corrected chi connectivity index (χ4v) is 8.20. The third kappa shape index (κ3) is 10.6. The Morgan fingerprint density at radius 2 is 0.725 bits per heavy atom. The molecule has 2 nitrogen and oxygen atoms in total. The van der Waals surface area contributed by atoms with Crippen LogP contribution in [0.1, 0.15) is 146 Å². The van der Waals surface area contributed by atoms with E-state index < -0.39 is 11.2 Å². The van der Waals surface area contributed by atoms with E-state index in [0.717, 1.165) is 36.8 Å². The molecule has 0 spiro atoms. The summed E-state index contributed by atoms with van der Waals surface area (Å²) in [6, 6.07) is 21.4. The van der Waals surface area contributed by atoms with Gasteiger partial charge in [0.25, 0.3) is 0 Å². The van der Waals surface area contributed by atoms with E-state index in [2.05, 4.69) is 144 Å². The minimum atomic E-state index is -0.589. The molecule has 0 amide bonds. The van der Waals surface area contributed by atoms with Gasteiger partial charge < -0.3 is 0 Å². The van der Waals surface area contributed by atoms with Crippen molar-refractivity contribution in [3.05, 3.63) is 71.8 Å². The molecule has 2 atom stereocenters. The molecule has 0 fully saturated rings. The van der Waals surface area contributed by atoms with Crippen LogP contribution >= 0.6 is 0 Å². The summed E-state index contributed by atoms with van der Waals surface area (Å²) < 4.78 is 0. The molecule has 0 aliphatic heterocycles. The molecule has 0 aliphatic rings. The molecule has 226 valence electrons. The van der Waals surface area contributed by atoms with Gasteiger partial charge in [-0.25, -0.2) is 9.78 Å². The maximum absolute atomic E-state index is 6.77. The van der Waals surface area contributed by atoms with Gasteiger partial charge in [0.15, 0.2) is 0 Å². The Morgan fingerprint density at radius 1 is 0.425 bits per heavy atom. The van der Waals surface area contributed by atoms with Gasteiger partial charge in [-0.1, -0.05) is 143 Å². The maximum atomic E-state index is 6.77. The predicted octanol–water partition coefficient (Wildman–Crippen LogP) is 12.0. The van der Waals surface area contributed by atoms with E-state index in [9.17, 15) is 0 Å². The van der Waals surface area contributed by atoms with Gasteiger partial charge in [0.2, 0.25) is 0 Å². The highest BCUT2D eigenvalue weighted by Gasteiger charge is 2.43. The van der Waals surface area contributed by atoms with Crippen LogP contribution in [0.5, 0.6) is 0 Å². The second-order valence-corrected chi connectivity index (χ2v) is 16.2. The van der Waals surface area contributed by atoms with E-state index in [4.69, 9.17) is 9.78 Å². The normalized spacial score (nSPS) is 16.4. The van der Waals surface area contributed by atoms with E-state index in [1.165, 1.54) is 25.7 Å². The Morgan fingerprint density at radius 3 is 1.00 bits per heavy atom. The molecule has 0 aromatic heterocycles. The highest BCUT2D eigenvalue weighted by Crippen LogP contribution is 2.49. The molecule has 0 radical (unpaired) electrons. The summed E-state index contributed by atoms with van der Waals surface area (Å²) in [5, 5.41) is 0. The first-order valence-corrected chi connectivity index (χ1v) is 15.8. The Bertz CT molecular complexity index is 921. The standard InChI is InChI=1S/C38H62O2/c1-13-25-33(3,4)27-35(7,8)29-37(11,31-21-17-15-18-22-31)39-40-38(12,32-23-19-16-20-24-32)30-36(9,10)28-34(5,6)26-14-2/h15-24H,13-14,25-30H2,1-12H3. The lowest BCUT2D eigenvalue weighted by Gasteiger charge is -2.44. The van der Waals surface area contributed by atoms with Crippen LogP contribution in [0.4, 0.5) is 0 Å². The lowest BCUT2D eigenvalue weighted by Crippen LogP contribution is -2.40. The first-order chi connectivity index (χ1) is 18.4. The van der Waals surface area contributed by atoms with Gasteiger partial charge in [-0.15, -0.1) is 0 Å². The van der Waals surface area contributed by atoms with Crippen LogP contribution in [0.2, 0.25) is 0 Å². The van der Waals surface area contributed by atoms with Crippen LogP contribution in [0.15, 0.2) is 60.7 Å². The van der Waals surface area contributed by atoms with Gasteiger partial charge in [0.1, 0.15) is 11.2 Å². The van der Waals surface area contributed by atoms with Gasteiger partial charge >= 0.3 is 0 Å². The zero-order valence-electron chi connectivity index (χ0n) is 28.2. The summed E-state index contributed by atoms with van der Waals surface area (Å²) in [5.41, 5.74) is 1.85. The van der Waals surface area contributed by atoms with Crippen molar-refractivity contribution >= 4 is 0 Å². The third-order valence-electron chi connectivity index (χ3n) is 8.58. The first-order valence-electron chi connectivity index (χ1n) is 15.8. The first kappa shape index (κ1) is 34.6. The number of hydrogen-bond acceptors (Lipinski definition) is 2. The lowest BCUT2D eigenvalue weighted by molar-refractivity contribution is -0.425. The average Bonchev–Trinajstić information content (AvgIpc) is 2.81. The van der Waals surface area contributed by atoms with Gasteiger partial charge in [-0.3, -0.25) is 0 Å². The molecule has 2 heteroatoms. The highest BCUT2D eigenvalue weighted by atomic mass is 17.2. The Labute approximate surface area is 248 Å². The van der Waals surface area contributed by atoms with E-state index in [0.29, 0.717) is 0 Å². The van der Waals surface area contributed by atoms with Gasteiger partial charge in [0, 0.05) is 0 Å². The van der Waals surface area contributed by atoms with Gasteiger partial charge in [0.05, 0.1) is 0 Å². The van der Waals surface area contributed by atoms with Crippen molar-refractivity contribution in [2.75, 3.05) is 0 Å². The van der Waals surface area contributed by atoms with E-state index in [1.807, 2.05) is 0 Å². The fourth-order valence-electron chi connectivity index (χ4n) is 8.20. The predicted molar refractivity (Wildman–Crippen MR) is 173 cm³/mol. The van der Waals surface area contributed by atoms with Gasteiger partial charge in [-0.05, 0) is 85.2 Å². The molecule has 0 heterocycles. The molecular formula is C38H62O2. The van der Waals surface area contributed by atoms with Crippen LogP contribution in [0.3, 0.4) is 0 Å². The Kier molecular flexibility index (Phi) is 11.7. The number of hydrogen-bond donors (Lipinski definition) is 0. The third-order valence-corrected chi connectivity index (χ3v) is 8.58.